The first-order chi connectivity index (χ1) is 14.7. The first-order valence-corrected chi connectivity index (χ1v) is 9.78. The van der Waals surface area contributed by atoms with Gasteiger partial charge in [0.1, 0.15) is 5.82 Å². The molecule has 2 aliphatic heterocycles. The lowest BCUT2D eigenvalue weighted by atomic mass is 10.0. The average Bonchev–Trinajstić information content (AvgIpc) is 3.51. The summed E-state index contributed by atoms with van der Waals surface area (Å²) in [5.41, 5.74) is 4.48. The minimum atomic E-state index is 0.227. The van der Waals surface area contributed by atoms with E-state index in [4.69, 9.17) is 35.5 Å². The lowest BCUT2D eigenvalue weighted by Gasteiger charge is -2.05. The van der Waals surface area contributed by atoms with E-state index in [1.165, 1.54) is 0 Å². The Hall–Kier alpha value is -3.64. The van der Waals surface area contributed by atoms with E-state index in [9.17, 15) is 0 Å². The zero-order valence-corrected chi connectivity index (χ0v) is 16.4. The number of H-pyrrole nitrogens is 1. The van der Waals surface area contributed by atoms with Crippen molar-refractivity contribution in [1.82, 2.24) is 9.97 Å². The molecule has 2 aliphatic rings. The van der Waals surface area contributed by atoms with Crippen molar-refractivity contribution in [2.45, 2.75) is 0 Å². The van der Waals surface area contributed by atoms with Crippen molar-refractivity contribution >= 4 is 11.6 Å². The van der Waals surface area contributed by atoms with E-state index < -0.39 is 0 Å². The Labute approximate surface area is 177 Å². The number of aromatic amines is 1. The largest absolute Gasteiger partial charge is 0.454 e. The van der Waals surface area contributed by atoms with Crippen molar-refractivity contribution in [2.24, 2.45) is 0 Å². The molecule has 3 heterocycles. The van der Waals surface area contributed by atoms with Gasteiger partial charge in [0.2, 0.25) is 13.6 Å². The van der Waals surface area contributed by atoms with E-state index in [0.717, 1.165) is 45.4 Å². The molecule has 0 spiro atoms. The van der Waals surface area contributed by atoms with E-state index in [0.29, 0.717) is 16.5 Å². The van der Waals surface area contributed by atoms with Gasteiger partial charge < -0.3 is 23.9 Å². The Morgan fingerprint density at radius 1 is 0.667 bits per heavy atom. The van der Waals surface area contributed by atoms with E-state index >= 15 is 0 Å². The lowest BCUT2D eigenvalue weighted by Crippen LogP contribution is -1.93. The number of halogens is 1. The van der Waals surface area contributed by atoms with Crippen LogP contribution in [0.4, 0.5) is 0 Å². The molecule has 0 unspecified atom stereocenters. The van der Waals surface area contributed by atoms with Crippen LogP contribution < -0.4 is 18.9 Å². The number of rotatable bonds is 3. The van der Waals surface area contributed by atoms with Crippen LogP contribution in [0.3, 0.4) is 0 Å². The molecule has 0 saturated carbocycles. The predicted molar refractivity (Wildman–Crippen MR) is 112 cm³/mol. The summed E-state index contributed by atoms with van der Waals surface area (Å²) in [4.78, 5) is 8.38. The van der Waals surface area contributed by atoms with Gasteiger partial charge in [-0.25, -0.2) is 4.98 Å². The van der Waals surface area contributed by atoms with Gasteiger partial charge in [0.05, 0.1) is 11.4 Å². The number of hydrogen-bond donors (Lipinski definition) is 1. The second-order valence-corrected chi connectivity index (χ2v) is 7.39. The predicted octanol–water partition coefficient (Wildman–Crippen LogP) is 5.52. The zero-order chi connectivity index (χ0) is 20.1. The Kier molecular flexibility index (Phi) is 3.86. The highest BCUT2D eigenvalue weighted by Gasteiger charge is 2.21. The Bertz CT molecular complexity index is 1190. The molecule has 6 rings (SSSR count). The normalized spacial score (nSPS) is 13.6. The summed E-state index contributed by atoms with van der Waals surface area (Å²) in [5, 5.41) is 0.678. The molecule has 1 N–H and O–H groups in total. The summed E-state index contributed by atoms with van der Waals surface area (Å²) in [5.74, 6) is 3.64. The van der Waals surface area contributed by atoms with Crippen molar-refractivity contribution in [3.8, 4) is 56.9 Å². The number of nitrogens with zero attached hydrogens (tertiary/aromatic N) is 1. The highest BCUT2D eigenvalue weighted by molar-refractivity contribution is 6.30. The van der Waals surface area contributed by atoms with Crippen LogP contribution in [0.15, 0.2) is 60.7 Å². The molecule has 0 aliphatic carbocycles. The summed E-state index contributed by atoms with van der Waals surface area (Å²) >= 11 is 6.05. The fourth-order valence-electron chi connectivity index (χ4n) is 3.63. The van der Waals surface area contributed by atoms with Crippen LogP contribution in [0.2, 0.25) is 5.02 Å². The lowest BCUT2D eigenvalue weighted by molar-refractivity contribution is 0.173. The van der Waals surface area contributed by atoms with Gasteiger partial charge in [0.25, 0.3) is 0 Å². The third kappa shape index (κ3) is 2.84. The smallest absolute Gasteiger partial charge is 0.231 e. The van der Waals surface area contributed by atoms with Crippen molar-refractivity contribution in [2.75, 3.05) is 13.6 Å². The molecule has 6 nitrogen and oxygen atoms in total. The summed E-state index contributed by atoms with van der Waals surface area (Å²) < 4.78 is 22.0. The van der Waals surface area contributed by atoms with Crippen molar-refractivity contribution in [3.05, 3.63) is 65.7 Å². The van der Waals surface area contributed by atoms with Gasteiger partial charge in [0, 0.05) is 21.7 Å². The first kappa shape index (κ1) is 17.2. The number of aromatic nitrogens is 2. The number of ether oxygens (including phenoxy) is 4. The van der Waals surface area contributed by atoms with Gasteiger partial charge in [-0.2, -0.15) is 0 Å². The van der Waals surface area contributed by atoms with Crippen molar-refractivity contribution < 1.29 is 18.9 Å². The highest BCUT2D eigenvalue weighted by Crippen LogP contribution is 2.41. The Morgan fingerprint density at radius 2 is 1.23 bits per heavy atom. The molecular formula is C23H15ClN2O4. The zero-order valence-electron chi connectivity index (χ0n) is 15.6. The third-order valence-corrected chi connectivity index (χ3v) is 5.38. The third-order valence-electron chi connectivity index (χ3n) is 5.13. The van der Waals surface area contributed by atoms with Crippen LogP contribution in [-0.4, -0.2) is 23.6 Å². The van der Waals surface area contributed by atoms with Crippen LogP contribution in [0.1, 0.15) is 0 Å². The number of nitrogens with one attached hydrogen (secondary N) is 1. The van der Waals surface area contributed by atoms with Gasteiger partial charge in [-0.1, -0.05) is 11.6 Å². The molecule has 0 radical (unpaired) electrons. The minimum Gasteiger partial charge on any atom is -0.454 e. The molecular weight excluding hydrogens is 404 g/mol. The maximum Gasteiger partial charge on any atom is 0.231 e. The first-order valence-electron chi connectivity index (χ1n) is 9.40. The summed E-state index contributed by atoms with van der Waals surface area (Å²) in [6.45, 7) is 0.456. The van der Waals surface area contributed by atoms with E-state index in [-0.39, 0.29) is 13.6 Å². The van der Waals surface area contributed by atoms with Crippen LogP contribution >= 0.6 is 11.6 Å². The molecule has 7 heteroatoms. The van der Waals surface area contributed by atoms with E-state index in [1.54, 1.807) is 0 Å². The Morgan fingerprint density at radius 3 is 1.93 bits per heavy atom. The minimum absolute atomic E-state index is 0.227. The van der Waals surface area contributed by atoms with Crippen molar-refractivity contribution in [1.29, 1.82) is 0 Å². The van der Waals surface area contributed by atoms with Gasteiger partial charge in [0.15, 0.2) is 23.0 Å². The monoisotopic (exact) mass is 418 g/mol. The maximum absolute atomic E-state index is 6.05. The molecule has 0 bridgehead atoms. The summed E-state index contributed by atoms with van der Waals surface area (Å²) in [6.07, 6.45) is 0. The molecule has 3 aromatic carbocycles. The quantitative estimate of drug-likeness (QED) is 0.474. The molecule has 0 saturated heterocycles. The molecule has 0 fully saturated rings. The maximum atomic E-state index is 6.05. The molecule has 0 atom stereocenters. The number of fused-ring (bicyclic) bond motifs is 2. The van der Waals surface area contributed by atoms with Gasteiger partial charge >= 0.3 is 0 Å². The number of imidazole rings is 1. The molecule has 1 aromatic heterocycles. The second kappa shape index (κ2) is 6.71. The van der Waals surface area contributed by atoms with Crippen LogP contribution in [0, 0.1) is 0 Å². The molecule has 0 amide bonds. The fraction of sp³-hybridized carbons (Fsp3) is 0.0870. The topological polar surface area (TPSA) is 65.6 Å². The molecule has 4 aromatic rings. The highest BCUT2D eigenvalue weighted by atomic mass is 35.5. The van der Waals surface area contributed by atoms with Gasteiger partial charge in [-0.15, -0.1) is 0 Å². The van der Waals surface area contributed by atoms with Crippen molar-refractivity contribution in [3.63, 3.8) is 0 Å². The fourth-order valence-corrected chi connectivity index (χ4v) is 3.76. The van der Waals surface area contributed by atoms with Gasteiger partial charge in [-0.05, 0) is 60.7 Å². The summed E-state index contributed by atoms with van der Waals surface area (Å²) in [7, 11) is 0. The number of hydrogen-bond acceptors (Lipinski definition) is 5. The standard InChI is InChI=1S/C23H15ClN2O4/c24-16-5-1-13(2-6-16)23-25-21(14-3-7-17-19(9-14)29-11-27-17)22(26-23)15-4-8-18-20(10-15)30-12-28-18/h1-10H,11-12H2,(H,25,26). The van der Waals surface area contributed by atoms with Crippen LogP contribution in [0.5, 0.6) is 23.0 Å². The molecule has 148 valence electrons. The van der Waals surface area contributed by atoms with Crippen LogP contribution in [0.25, 0.3) is 33.9 Å². The SMILES string of the molecule is Clc1ccc(-c2nc(-c3ccc4c(c3)OCO4)c(-c3ccc4c(c3)OCO4)[nH]2)cc1. The van der Waals surface area contributed by atoms with Gasteiger partial charge in [-0.3, -0.25) is 0 Å². The Balaban J connectivity index is 1.52. The molecule has 30 heavy (non-hydrogen) atoms. The second-order valence-electron chi connectivity index (χ2n) is 6.95. The summed E-state index contributed by atoms with van der Waals surface area (Å²) in [6, 6.07) is 19.2. The van der Waals surface area contributed by atoms with E-state index in [2.05, 4.69) is 4.98 Å². The van der Waals surface area contributed by atoms with E-state index in [1.807, 2.05) is 60.7 Å². The van der Waals surface area contributed by atoms with Crippen LogP contribution in [-0.2, 0) is 0 Å². The average molecular weight is 419 g/mol. The number of benzene rings is 3.